The first-order valence-corrected chi connectivity index (χ1v) is 8.51. The van der Waals surface area contributed by atoms with Gasteiger partial charge in [0.05, 0.1) is 7.11 Å². The molecule has 1 aromatic rings. The molecule has 0 aromatic heterocycles. The van der Waals surface area contributed by atoms with Crippen LogP contribution in [0.3, 0.4) is 0 Å². The third-order valence-electron chi connectivity index (χ3n) is 4.57. The minimum Gasteiger partial charge on any atom is -0.497 e. The highest BCUT2D eigenvalue weighted by Gasteiger charge is 2.33. The Hall–Kier alpha value is -1.75. The second kappa shape index (κ2) is 8.77. The maximum atomic E-state index is 11.8. The summed E-state index contributed by atoms with van der Waals surface area (Å²) in [7, 11) is 3.83. The minimum atomic E-state index is -0.0542. The van der Waals surface area contributed by atoms with E-state index in [-0.39, 0.29) is 6.03 Å². The van der Waals surface area contributed by atoms with Gasteiger partial charge in [0.2, 0.25) is 0 Å². The SMILES string of the molecule is CCCCNC(=O)NC[C@@H]1CCN(C)[C@@H]1c1ccc(OC)cc1. The summed E-state index contributed by atoms with van der Waals surface area (Å²) in [4.78, 5) is 14.2. The lowest BCUT2D eigenvalue weighted by Gasteiger charge is -2.26. The molecule has 23 heavy (non-hydrogen) atoms. The van der Waals surface area contributed by atoms with Gasteiger partial charge in [-0.15, -0.1) is 0 Å². The Balaban J connectivity index is 1.91. The second-order valence-electron chi connectivity index (χ2n) is 6.24. The number of benzene rings is 1. The van der Waals surface area contributed by atoms with E-state index in [1.54, 1.807) is 7.11 Å². The van der Waals surface area contributed by atoms with Crippen LogP contribution in [0.4, 0.5) is 4.79 Å². The van der Waals surface area contributed by atoms with Gasteiger partial charge < -0.3 is 15.4 Å². The van der Waals surface area contributed by atoms with Gasteiger partial charge in [0.1, 0.15) is 5.75 Å². The maximum absolute atomic E-state index is 11.8. The van der Waals surface area contributed by atoms with Crippen LogP contribution in [-0.4, -0.2) is 44.7 Å². The molecule has 1 aliphatic rings. The summed E-state index contributed by atoms with van der Waals surface area (Å²) < 4.78 is 5.23. The number of hydrogen-bond donors (Lipinski definition) is 2. The zero-order valence-corrected chi connectivity index (χ0v) is 14.5. The van der Waals surface area contributed by atoms with Crippen LogP contribution in [0, 0.1) is 5.92 Å². The van der Waals surface area contributed by atoms with E-state index >= 15 is 0 Å². The van der Waals surface area contributed by atoms with Crippen molar-refractivity contribution in [1.82, 2.24) is 15.5 Å². The maximum Gasteiger partial charge on any atom is 0.314 e. The average molecular weight is 319 g/mol. The molecule has 2 rings (SSSR count). The van der Waals surface area contributed by atoms with Gasteiger partial charge in [0, 0.05) is 19.1 Å². The van der Waals surface area contributed by atoms with E-state index in [1.165, 1.54) is 5.56 Å². The smallest absolute Gasteiger partial charge is 0.314 e. The molecule has 0 saturated carbocycles. The molecule has 5 nitrogen and oxygen atoms in total. The van der Waals surface area contributed by atoms with Crippen LogP contribution in [0.1, 0.15) is 37.8 Å². The number of ether oxygens (including phenoxy) is 1. The zero-order valence-electron chi connectivity index (χ0n) is 14.5. The van der Waals surface area contributed by atoms with Gasteiger partial charge in [-0.3, -0.25) is 4.90 Å². The van der Waals surface area contributed by atoms with Crippen molar-refractivity contribution in [1.29, 1.82) is 0 Å². The summed E-state index contributed by atoms with van der Waals surface area (Å²) in [5, 5.41) is 5.93. The van der Waals surface area contributed by atoms with Gasteiger partial charge >= 0.3 is 6.03 Å². The van der Waals surface area contributed by atoms with Gasteiger partial charge in [-0.2, -0.15) is 0 Å². The van der Waals surface area contributed by atoms with Gasteiger partial charge in [-0.1, -0.05) is 25.5 Å². The number of methoxy groups -OCH3 is 1. The molecule has 128 valence electrons. The highest BCUT2D eigenvalue weighted by atomic mass is 16.5. The van der Waals surface area contributed by atoms with E-state index in [2.05, 4.69) is 41.6 Å². The van der Waals surface area contributed by atoms with Crippen LogP contribution in [-0.2, 0) is 0 Å². The van der Waals surface area contributed by atoms with Crippen LogP contribution >= 0.6 is 0 Å². The number of amides is 2. The van der Waals surface area contributed by atoms with Gasteiger partial charge in [0.15, 0.2) is 0 Å². The molecule has 0 aliphatic carbocycles. The third-order valence-corrected chi connectivity index (χ3v) is 4.57. The van der Waals surface area contributed by atoms with Crippen molar-refractivity contribution in [2.24, 2.45) is 5.92 Å². The van der Waals surface area contributed by atoms with Crippen molar-refractivity contribution >= 4 is 6.03 Å². The monoisotopic (exact) mass is 319 g/mol. The van der Waals surface area contributed by atoms with E-state index in [9.17, 15) is 4.79 Å². The van der Waals surface area contributed by atoms with Crippen LogP contribution in [0.15, 0.2) is 24.3 Å². The molecule has 0 bridgehead atoms. The van der Waals surface area contributed by atoms with Crippen molar-refractivity contribution in [2.45, 2.75) is 32.2 Å². The predicted octanol–water partition coefficient (Wildman–Crippen LogP) is 2.79. The van der Waals surface area contributed by atoms with Crippen LogP contribution in [0.5, 0.6) is 5.75 Å². The molecular formula is C18H29N3O2. The zero-order chi connectivity index (χ0) is 16.7. The molecule has 1 saturated heterocycles. The molecule has 5 heteroatoms. The molecule has 1 aromatic carbocycles. The van der Waals surface area contributed by atoms with E-state index in [4.69, 9.17) is 4.74 Å². The Morgan fingerprint density at radius 3 is 2.70 bits per heavy atom. The number of nitrogens with zero attached hydrogens (tertiary/aromatic N) is 1. The van der Waals surface area contributed by atoms with Gasteiger partial charge in [0.25, 0.3) is 0 Å². The van der Waals surface area contributed by atoms with E-state index in [0.29, 0.717) is 18.5 Å². The highest BCUT2D eigenvalue weighted by Crippen LogP contribution is 2.36. The summed E-state index contributed by atoms with van der Waals surface area (Å²) in [6.45, 7) is 4.63. The number of carbonyl (C=O) groups excluding carboxylic acids is 1. The highest BCUT2D eigenvalue weighted by molar-refractivity contribution is 5.73. The minimum absolute atomic E-state index is 0.0542. The van der Waals surface area contributed by atoms with Gasteiger partial charge in [-0.25, -0.2) is 4.79 Å². The Morgan fingerprint density at radius 1 is 1.30 bits per heavy atom. The standard InChI is InChI=1S/C18H29N3O2/c1-4-5-11-19-18(22)20-13-15-10-12-21(2)17(15)14-6-8-16(23-3)9-7-14/h6-9,15,17H,4-5,10-13H2,1-3H3,(H2,19,20,22)/t15-,17+/m0/s1. The fourth-order valence-corrected chi connectivity index (χ4v) is 3.23. The lowest BCUT2D eigenvalue weighted by molar-refractivity contribution is 0.233. The molecule has 1 heterocycles. The Labute approximate surface area is 139 Å². The number of carbonyl (C=O) groups is 1. The molecule has 0 radical (unpaired) electrons. The van der Waals surface area contributed by atoms with E-state index < -0.39 is 0 Å². The van der Waals surface area contributed by atoms with E-state index in [1.807, 2.05) is 12.1 Å². The first-order chi connectivity index (χ1) is 11.2. The van der Waals surface area contributed by atoms with Crippen LogP contribution < -0.4 is 15.4 Å². The fourth-order valence-electron chi connectivity index (χ4n) is 3.23. The van der Waals surface area contributed by atoms with Gasteiger partial charge in [-0.05, 0) is 50.0 Å². The lowest BCUT2D eigenvalue weighted by Crippen LogP contribution is -2.39. The summed E-state index contributed by atoms with van der Waals surface area (Å²) in [5.41, 5.74) is 1.28. The largest absolute Gasteiger partial charge is 0.497 e. The van der Waals surface area contributed by atoms with E-state index in [0.717, 1.165) is 38.1 Å². The van der Waals surface area contributed by atoms with Crippen LogP contribution in [0.2, 0.25) is 0 Å². The molecule has 1 fully saturated rings. The Morgan fingerprint density at radius 2 is 2.04 bits per heavy atom. The lowest BCUT2D eigenvalue weighted by atomic mass is 9.93. The van der Waals surface area contributed by atoms with Crippen molar-refractivity contribution in [2.75, 3.05) is 33.8 Å². The predicted molar refractivity (Wildman–Crippen MR) is 92.8 cm³/mol. The number of unbranched alkanes of at least 4 members (excludes halogenated alkanes) is 1. The van der Waals surface area contributed by atoms with Crippen LogP contribution in [0.25, 0.3) is 0 Å². The average Bonchev–Trinajstić information content (AvgIpc) is 2.94. The first-order valence-electron chi connectivity index (χ1n) is 8.51. The number of urea groups is 1. The number of likely N-dealkylation sites (tertiary alicyclic amines) is 1. The summed E-state index contributed by atoms with van der Waals surface area (Å²) in [5.74, 6) is 1.31. The quantitative estimate of drug-likeness (QED) is 0.760. The summed E-state index contributed by atoms with van der Waals surface area (Å²) >= 11 is 0. The molecule has 2 atom stereocenters. The van der Waals surface area contributed by atoms with Crippen molar-refractivity contribution in [3.8, 4) is 5.75 Å². The summed E-state index contributed by atoms with van der Waals surface area (Å²) in [6.07, 6.45) is 3.21. The molecule has 0 spiro atoms. The number of rotatable bonds is 7. The number of nitrogens with one attached hydrogen (secondary N) is 2. The third kappa shape index (κ3) is 4.86. The second-order valence-corrected chi connectivity index (χ2v) is 6.24. The topological polar surface area (TPSA) is 53.6 Å². The Bertz CT molecular complexity index is 490. The van der Waals surface area contributed by atoms with Crippen molar-refractivity contribution in [3.05, 3.63) is 29.8 Å². The fraction of sp³-hybridized carbons (Fsp3) is 0.611. The normalized spacial score (nSPS) is 21.2. The molecule has 0 unspecified atom stereocenters. The summed E-state index contributed by atoms with van der Waals surface area (Å²) in [6, 6.07) is 8.55. The Kier molecular flexibility index (Phi) is 6.71. The molecule has 1 aliphatic heterocycles. The van der Waals surface area contributed by atoms with Crippen molar-refractivity contribution in [3.63, 3.8) is 0 Å². The van der Waals surface area contributed by atoms with Crippen molar-refractivity contribution < 1.29 is 9.53 Å². The molecular weight excluding hydrogens is 290 g/mol. The number of hydrogen-bond acceptors (Lipinski definition) is 3. The molecule has 2 N–H and O–H groups in total. The first kappa shape index (κ1) is 17.6. The molecule has 2 amide bonds.